The molecule has 0 saturated heterocycles. The summed E-state index contributed by atoms with van der Waals surface area (Å²) in [6.07, 6.45) is 1.09. The van der Waals surface area contributed by atoms with Crippen molar-refractivity contribution in [2.45, 2.75) is 13.3 Å². The molecule has 0 atom stereocenters. The lowest BCUT2D eigenvalue weighted by molar-refractivity contribution is 0.419. The first-order valence-electron chi connectivity index (χ1n) is 3.56. The average molecular weight is 161 g/mol. The van der Waals surface area contributed by atoms with Gasteiger partial charge in [0.25, 0.3) is 0 Å². The maximum Gasteiger partial charge on any atom is 0.192 e. The molecule has 0 fully saturated rings. The van der Waals surface area contributed by atoms with Crippen LogP contribution in [-0.2, 0) is 0 Å². The minimum atomic E-state index is 0. The number of hydrogen-bond donors (Lipinski definition) is 1. The van der Waals surface area contributed by atoms with E-state index in [0.29, 0.717) is 5.96 Å². The molecule has 0 heterocycles. The van der Waals surface area contributed by atoms with Gasteiger partial charge in [-0.15, -0.1) is 0 Å². The number of nitrogens with zero attached hydrogens (tertiary/aromatic N) is 2. The lowest BCUT2D eigenvalue weighted by Gasteiger charge is -2.24. The third kappa shape index (κ3) is 4.61. The maximum atomic E-state index is 7.50. The molecular weight excluding hydrogens is 142 g/mol. The number of nitrogens with one attached hydrogen (secondary N) is 1. The van der Waals surface area contributed by atoms with Crippen LogP contribution in [-0.4, -0.2) is 48.9 Å². The van der Waals surface area contributed by atoms with Gasteiger partial charge in [-0.1, -0.05) is 6.92 Å². The van der Waals surface area contributed by atoms with E-state index in [2.05, 4.69) is 6.92 Å². The summed E-state index contributed by atoms with van der Waals surface area (Å²) in [4.78, 5) is 3.73. The van der Waals surface area contributed by atoms with E-state index >= 15 is 0 Å². The topological polar surface area (TPSA) is 61.8 Å². The smallest absolute Gasteiger partial charge is 0.192 e. The van der Waals surface area contributed by atoms with Gasteiger partial charge in [0.15, 0.2) is 5.96 Å². The van der Waals surface area contributed by atoms with Crippen molar-refractivity contribution in [3.63, 3.8) is 0 Å². The first-order valence-corrected chi connectivity index (χ1v) is 3.56. The highest BCUT2D eigenvalue weighted by atomic mass is 16.0. The van der Waals surface area contributed by atoms with Crippen LogP contribution < -0.4 is 0 Å². The van der Waals surface area contributed by atoms with Gasteiger partial charge in [-0.2, -0.15) is 0 Å². The van der Waals surface area contributed by atoms with E-state index in [1.54, 1.807) is 4.90 Å². The summed E-state index contributed by atoms with van der Waals surface area (Å²) >= 11 is 0. The fraction of sp³-hybridized carbons (Fsp3) is 0.857. The molecule has 0 rings (SSSR count). The van der Waals surface area contributed by atoms with Crippen LogP contribution in [0.2, 0.25) is 0 Å². The third-order valence-electron chi connectivity index (χ3n) is 1.34. The van der Waals surface area contributed by atoms with Crippen LogP contribution in [0.3, 0.4) is 0 Å². The van der Waals surface area contributed by atoms with Gasteiger partial charge >= 0.3 is 0 Å². The molecule has 0 amide bonds. The van der Waals surface area contributed by atoms with Crippen molar-refractivity contribution in [3.8, 4) is 0 Å². The normalized spacial score (nSPS) is 8.36. The molecule has 0 aromatic rings. The number of guanidine groups is 1. The van der Waals surface area contributed by atoms with Crippen molar-refractivity contribution in [3.05, 3.63) is 0 Å². The molecule has 0 aliphatic carbocycles. The fourth-order valence-corrected chi connectivity index (χ4v) is 0.783. The largest absolute Gasteiger partial charge is 0.412 e. The highest BCUT2D eigenvalue weighted by Crippen LogP contribution is 1.89. The van der Waals surface area contributed by atoms with Crippen LogP contribution >= 0.6 is 0 Å². The molecule has 0 aliphatic heterocycles. The molecule has 68 valence electrons. The lowest BCUT2D eigenvalue weighted by atomic mass is 10.4. The maximum absolute atomic E-state index is 7.50. The van der Waals surface area contributed by atoms with Crippen LogP contribution in [0.25, 0.3) is 0 Å². The zero-order chi connectivity index (χ0) is 8.15. The highest BCUT2D eigenvalue weighted by molar-refractivity contribution is 5.75. The Morgan fingerprint density at radius 3 is 2.00 bits per heavy atom. The van der Waals surface area contributed by atoms with Gasteiger partial charge in [0.05, 0.1) is 0 Å². The SMILES string of the molecule is CCCN(C)C(=N)N(C)C.O. The van der Waals surface area contributed by atoms with Crippen LogP contribution in [0.4, 0.5) is 0 Å². The molecule has 3 N–H and O–H groups in total. The first kappa shape index (κ1) is 12.9. The predicted molar refractivity (Wildman–Crippen MR) is 47.9 cm³/mol. The average Bonchev–Trinajstić information content (AvgIpc) is 1.87. The molecular formula is C7H19N3O. The molecule has 11 heavy (non-hydrogen) atoms. The number of hydrogen-bond acceptors (Lipinski definition) is 1. The Kier molecular flexibility index (Phi) is 6.99. The second-order valence-corrected chi connectivity index (χ2v) is 2.64. The van der Waals surface area contributed by atoms with E-state index < -0.39 is 0 Å². The van der Waals surface area contributed by atoms with E-state index in [-0.39, 0.29) is 5.48 Å². The van der Waals surface area contributed by atoms with Gasteiger partial charge in [0, 0.05) is 27.7 Å². The van der Waals surface area contributed by atoms with Crippen LogP contribution in [0, 0.1) is 5.41 Å². The van der Waals surface area contributed by atoms with E-state index in [1.165, 1.54) is 0 Å². The van der Waals surface area contributed by atoms with Crippen molar-refractivity contribution in [1.82, 2.24) is 9.80 Å². The van der Waals surface area contributed by atoms with Gasteiger partial charge in [0.1, 0.15) is 0 Å². The number of rotatable bonds is 2. The summed E-state index contributed by atoms with van der Waals surface area (Å²) in [7, 11) is 5.70. The summed E-state index contributed by atoms with van der Waals surface area (Å²) in [6, 6.07) is 0. The van der Waals surface area contributed by atoms with Crippen molar-refractivity contribution < 1.29 is 5.48 Å². The summed E-state index contributed by atoms with van der Waals surface area (Å²) in [5.41, 5.74) is 0. The standard InChI is InChI=1S/C7H17N3.H2O/c1-5-6-10(4)7(8)9(2)3;/h8H,5-6H2,1-4H3;1H2. The Labute approximate surface area is 68.6 Å². The molecule has 0 aromatic carbocycles. The van der Waals surface area contributed by atoms with E-state index in [0.717, 1.165) is 13.0 Å². The third-order valence-corrected chi connectivity index (χ3v) is 1.34. The summed E-state index contributed by atoms with van der Waals surface area (Å²) in [6.45, 7) is 3.07. The zero-order valence-electron chi connectivity index (χ0n) is 7.81. The molecule has 0 saturated carbocycles. The Balaban J connectivity index is 0. The van der Waals surface area contributed by atoms with Gasteiger partial charge in [-0.25, -0.2) is 0 Å². The summed E-state index contributed by atoms with van der Waals surface area (Å²) in [5, 5.41) is 7.50. The first-order chi connectivity index (χ1) is 4.59. The van der Waals surface area contributed by atoms with Crippen LogP contribution in [0.5, 0.6) is 0 Å². The van der Waals surface area contributed by atoms with Crippen LogP contribution in [0.1, 0.15) is 13.3 Å². The van der Waals surface area contributed by atoms with Gasteiger partial charge in [-0.05, 0) is 6.42 Å². The second kappa shape index (κ2) is 5.97. The Morgan fingerprint density at radius 2 is 1.73 bits per heavy atom. The fourth-order valence-electron chi connectivity index (χ4n) is 0.783. The lowest BCUT2D eigenvalue weighted by Crippen LogP contribution is -2.37. The zero-order valence-corrected chi connectivity index (χ0v) is 7.81. The van der Waals surface area contributed by atoms with Crippen molar-refractivity contribution >= 4 is 5.96 Å². The van der Waals surface area contributed by atoms with Crippen molar-refractivity contribution in [2.24, 2.45) is 0 Å². The van der Waals surface area contributed by atoms with Gasteiger partial charge in [0.2, 0.25) is 0 Å². The van der Waals surface area contributed by atoms with E-state index in [9.17, 15) is 0 Å². The van der Waals surface area contributed by atoms with Crippen molar-refractivity contribution in [2.75, 3.05) is 27.7 Å². The highest BCUT2D eigenvalue weighted by Gasteiger charge is 2.02. The molecule has 0 aliphatic rings. The Hall–Kier alpha value is -0.770. The molecule has 4 nitrogen and oxygen atoms in total. The molecule has 0 spiro atoms. The minimum absolute atomic E-state index is 0. The van der Waals surface area contributed by atoms with E-state index in [1.807, 2.05) is 26.0 Å². The van der Waals surface area contributed by atoms with Crippen LogP contribution in [0.15, 0.2) is 0 Å². The van der Waals surface area contributed by atoms with Crippen molar-refractivity contribution in [1.29, 1.82) is 5.41 Å². The second-order valence-electron chi connectivity index (χ2n) is 2.64. The monoisotopic (exact) mass is 161 g/mol. The summed E-state index contributed by atoms with van der Waals surface area (Å²) < 4.78 is 0. The molecule has 4 heteroatoms. The molecule has 0 aromatic heterocycles. The molecule has 0 radical (unpaired) electrons. The molecule has 0 unspecified atom stereocenters. The van der Waals surface area contributed by atoms with E-state index in [4.69, 9.17) is 5.41 Å². The Morgan fingerprint density at radius 1 is 1.27 bits per heavy atom. The Bertz CT molecular complexity index is 114. The van der Waals surface area contributed by atoms with Gasteiger partial charge < -0.3 is 15.3 Å². The quantitative estimate of drug-likeness (QED) is 0.457. The predicted octanol–water partition coefficient (Wildman–Crippen LogP) is -0.000130. The van der Waals surface area contributed by atoms with Gasteiger partial charge in [-0.3, -0.25) is 5.41 Å². The molecule has 0 bridgehead atoms. The minimum Gasteiger partial charge on any atom is -0.412 e. The summed E-state index contributed by atoms with van der Waals surface area (Å²) in [5.74, 6) is 0.571.